The van der Waals surface area contributed by atoms with Crippen LogP contribution in [-0.4, -0.2) is 64.3 Å². The Hall–Kier alpha value is -1.90. The number of aromatic nitrogens is 1. The van der Waals surface area contributed by atoms with Gasteiger partial charge in [-0.1, -0.05) is 6.92 Å². The van der Waals surface area contributed by atoms with Gasteiger partial charge in [0.05, 0.1) is 24.9 Å². The molecule has 2 N–H and O–H groups in total. The van der Waals surface area contributed by atoms with Crippen molar-refractivity contribution in [2.45, 2.75) is 51.6 Å². The maximum Gasteiger partial charge on any atom is 0.303 e. The van der Waals surface area contributed by atoms with Crippen molar-refractivity contribution in [2.24, 2.45) is 11.8 Å². The topological polar surface area (TPSA) is 82.9 Å². The number of piperidine rings is 1. The largest absolute Gasteiger partial charge is 0.497 e. The summed E-state index contributed by atoms with van der Waals surface area (Å²) in [6, 6.07) is 5.22. The van der Waals surface area contributed by atoms with Crippen LogP contribution in [0.15, 0.2) is 24.4 Å². The van der Waals surface area contributed by atoms with Crippen LogP contribution in [0.25, 0.3) is 10.9 Å². The van der Waals surface area contributed by atoms with E-state index in [0.717, 1.165) is 44.4 Å². The van der Waals surface area contributed by atoms with Gasteiger partial charge in [-0.2, -0.15) is 11.8 Å². The van der Waals surface area contributed by atoms with Gasteiger partial charge in [0.2, 0.25) is 0 Å². The summed E-state index contributed by atoms with van der Waals surface area (Å²) in [7, 11) is 1.54. The van der Waals surface area contributed by atoms with E-state index >= 15 is 0 Å². The molecule has 0 spiro atoms. The number of ether oxygens (including phenoxy) is 1. The van der Waals surface area contributed by atoms with Crippen LogP contribution in [0.4, 0.5) is 4.39 Å². The van der Waals surface area contributed by atoms with Crippen molar-refractivity contribution in [3.05, 3.63) is 35.8 Å². The van der Waals surface area contributed by atoms with Gasteiger partial charge in [0.15, 0.2) is 0 Å². The number of aliphatic carboxylic acids is 1. The number of hydrogen-bond donors (Lipinski definition) is 2. The fraction of sp³-hybridized carbons (Fsp3) is 0.615. The van der Waals surface area contributed by atoms with Crippen LogP contribution >= 0.6 is 11.8 Å². The number of aliphatic hydroxyl groups is 1. The highest BCUT2D eigenvalue weighted by molar-refractivity contribution is 7.99. The highest BCUT2D eigenvalue weighted by atomic mass is 32.2. The number of hydrogen-bond acceptors (Lipinski definition) is 6. The van der Waals surface area contributed by atoms with Gasteiger partial charge >= 0.3 is 5.97 Å². The van der Waals surface area contributed by atoms with Gasteiger partial charge in [-0.25, -0.2) is 4.39 Å². The zero-order valence-electron chi connectivity index (χ0n) is 20.2. The number of carbonyl (C=O) groups is 1. The van der Waals surface area contributed by atoms with Crippen LogP contribution in [0.2, 0.25) is 0 Å². The molecule has 3 rings (SSSR count). The number of pyridine rings is 1. The molecular formula is C26H37FN2O4S. The van der Waals surface area contributed by atoms with Crippen LogP contribution < -0.4 is 4.74 Å². The van der Waals surface area contributed by atoms with E-state index in [-0.39, 0.29) is 23.8 Å². The van der Waals surface area contributed by atoms with Gasteiger partial charge in [0.25, 0.3) is 0 Å². The maximum absolute atomic E-state index is 14.7. The summed E-state index contributed by atoms with van der Waals surface area (Å²) in [6.45, 7) is 4.90. The second kappa shape index (κ2) is 13.3. The van der Waals surface area contributed by atoms with Crippen LogP contribution in [0.3, 0.4) is 0 Å². The van der Waals surface area contributed by atoms with E-state index in [0.29, 0.717) is 29.5 Å². The number of halogens is 1. The minimum atomic E-state index is -0.989. The van der Waals surface area contributed by atoms with Crippen molar-refractivity contribution in [3.63, 3.8) is 0 Å². The highest BCUT2D eigenvalue weighted by Crippen LogP contribution is 2.35. The Kier molecular flexibility index (Phi) is 10.4. The number of benzene rings is 1. The Bertz CT molecular complexity index is 944. The van der Waals surface area contributed by atoms with Gasteiger partial charge in [0.1, 0.15) is 11.6 Å². The van der Waals surface area contributed by atoms with E-state index in [1.807, 2.05) is 11.8 Å². The van der Waals surface area contributed by atoms with Crippen LogP contribution in [0.5, 0.6) is 5.75 Å². The molecule has 0 radical (unpaired) electrons. The fourth-order valence-electron chi connectivity index (χ4n) is 4.98. The van der Waals surface area contributed by atoms with Gasteiger partial charge in [-0.3, -0.25) is 9.78 Å². The van der Waals surface area contributed by atoms with Gasteiger partial charge in [-0.15, -0.1) is 0 Å². The van der Waals surface area contributed by atoms with E-state index in [2.05, 4.69) is 16.8 Å². The monoisotopic (exact) mass is 492 g/mol. The first-order valence-electron chi connectivity index (χ1n) is 12.2. The number of rotatable bonds is 13. The summed E-state index contributed by atoms with van der Waals surface area (Å²) < 4.78 is 20.0. The molecule has 0 aliphatic carbocycles. The van der Waals surface area contributed by atoms with Crippen molar-refractivity contribution in [2.75, 3.05) is 38.2 Å². The summed E-state index contributed by atoms with van der Waals surface area (Å²) in [5, 5.41) is 21.0. The summed E-state index contributed by atoms with van der Waals surface area (Å²) in [4.78, 5) is 18.0. The molecule has 2 heterocycles. The molecule has 1 aliphatic heterocycles. The maximum atomic E-state index is 14.7. The summed E-state index contributed by atoms with van der Waals surface area (Å²) in [6.07, 6.45) is 4.54. The summed E-state index contributed by atoms with van der Waals surface area (Å²) >= 11 is 1.98. The molecule has 6 nitrogen and oxygen atoms in total. The molecule has 8 heteroatoms. The number of likely N-dealkylation sites (tertiary alicyclic amines) is 1. The van der Waals surface area contributed by atoms with E-state index in [9.17, 15) is 19.4 Å². The summed E-state index contributed by atoms with van der Waals surface area (Å²) in [5.41, 5.74) is 0.839. The normalized spacial score (nSPS) is 19.9. The second-order valence-corrected chi connectivity index (χ2v) is 10.4. The third-order valence-electron chi connectivity index (χ3n) is 6.74. The molecule has 3 atom stereocenters. The molecule has 0 saturated carbocycles. The molecule has 1 aliphatic rings. The minimum Gasteiger partial charge on any atom is -0.497 e. The van der Waals surface area contributed by atoms with E-state index in [1.165, 1.54) is 12.2 Å². The Morgan fingerprint density at radius 3 is 2.91 bits per heavy atom. The second-order valence-electron chi connectivity index (χ2n) is 9.17. The van der Waals surface area contributed by atoms with Crippen LogP contribution in [-0.2, 0) is 4.79 Å². The zero-order chi connectivity index (χ0) is 24.5. The number of aliphatic hydroxyl groups excluding tert-OH is 1. The fourth-order valence-corrected chi connectivity index (χ4v) is 5.81. The van der Waals surface area contributed by atoms with Gasteiger partial charge in [0, 0.05) is 23.9 Å². The van der Waals surface area contributed by atoms with Crippen LogP contribution in [0.1, 0.15) is 57.1 Å². The van der Waals surface area contributed by atoms with E-state index in [4.69, 9.17) is 4.74 Å². The van der Waals surface area contributed by atoms with Crippen molar-refractivity contribution in [1.82, 2.24) is 9.88 Å². The zero-order valence-corrected chi connectivity index (χ0v) is 21.0. The number of nitrogens with zero attached hydrogens (tertiary/aromatic N) is 2. The molecule has 1 aromatic heterocycles. The molecular weight excluding hydrogens is 455 g/mol. The molecule has 2 aromatic rings. The Balaban J connectivity index is 1.63. The standard InChI is InChI=1S/C26H37FN2O4S/c1-3-12-34-13-4-10-29-11-9-18(19(17-29)14-25(31)32)5-8-24(30)26-21-15-20(33-2)6-7-23(21)28-16-22(26)27/h6-7,15-16,18-19,24,30H,3-5,8-14,17H2,1-2H3,(H,31,32)/t18?,19?,24-/m1/s1. The predicted octanol–water partition coefficient (Wildman–Crippen LogP) is 5.14. The van der Waals surface area contributed by atoms with Crippen molar-refractivity contribution < 1.29 is 24.1 Å². The van der Waals surface area contributed by atoms with Crippen molar-refractivity contribution in [1.29, 1.82) is 0 Å². The van der Waals surface area contributed by atoms with Crippen molar-refractivity contribution >= 4 is 28.6 Å². The molecule has 34 heavy (non-hydrogen) atoms. The lowest BCUT2D eigenvalue weighted by Crippen LogP contribution is -2.42. The molecule has 1 fully saturated rings. The first-order chi connectivity index (χ1) is 16.4. The Labute approximate surface area is 205 Å². The van der Waals surface area contributed by atoms with E-state index in [1.54, 1.807) is 25.3 Å². The number of fused-ring (bicyclic) bond motifs is 1. The predicted molar refractivity (Wildman–Crippen MR) is 135 cm³/mol. The molecule has 0 amide bonds. The number of methoxy groups -OCH3 is 1. The highest BCUT2D eigenvalue weighted by Gasteiger charge is 2.31. The SMILES string of the molecule is CCCSCCCN1CCC(CC[C@@H](O)c2c(F)cnc3ccc(OC)cc23)C(CC(=O)O)C1. The third kappa shape index (κ3) is 7.30. The minimum absolute atomic E-state index is 0.0425. The average molecular weight is 493 g/mol. The molecule has 1 aromatic carbocycles. The quantitative estimate of drug-likeness (QED) is 0.375. The Morgan fingerprint density at radius 2 is 2.18 bits per heavy atom. The summed E-state index contributed by atoms with van der Waals surface area (Å²) in [5.74, 6) is 1.82. The van der Waals surface area contributed by atoms with Gasteiger partial charge < -0.3 is 19.8 Å². The number of carboxylic acids is 1. The lowest BCUT2D eigenvalue weighted by Gasteiger charge is -2.38. The smallest absolute Gasteiger partial charge is 0.303 e. The third-order valence-corrected chi connectivity index (χ3v) is 8.01. The lowest BCUT2D eigenvalue weighted by atomic mass is 9.79. The molecule has 188 valence electrons. The number of thioether (sulfide) groups is 1. The van der Waals surface area contributed by atoms with E-state index < -0.39 is 17.9 Å². The first-order valence-corrected chi connectivity index (χ1v) is 13.4. The molecule has 0 bridgehead atoms. The first kappa shape index (κ1) is 26.7. The molecule has 1 saturated heterocycles. The lowest BCUT2D eigenvalue weighted by molar-refractivity contribution is -0.139. The number of carboxylic acid groups (broad SMARTS) is 1. The average Bonchev–Trinajstić information content (AvgIpc) is 2.82. The van der Waals surface area contributed by atoms with Gasteiger partial charge in [-0.05, 0) is 86.7 Å². The van der Waals surface area contributed by atoms with Crippen LogP contribution in [0, 0.1) is 17.7 Å². The molecule has 2 unspecified atom stereocenters. The van der Waals surface area contributed by atoms with Crippen molar-refractivity contribution in [3.8, 4) is 5.75 Å². The Morgan fingerprint density at radius 1 is 1.35 bits per heavy atom.